The van der Waals surface area contributed by atoms with Gasteiger partial charge in [-0.15, -0.1) is 0 Å². The van der Waals surface area contributed by atoms with Crippen molar-refractivity contribution >= 4 is 66.9 Å². The van der Waals surface area contributed by atoms with Gasteiger partial charge in [0.05, 0.1) is 64.2 Å². The highest BCUT2D eigenvalue weighted by Crippen LogP contribution is 2.42. The third-order valence-electron chi connectivity index (χ3n) is 17.4. The first-order valence-electron chi connectivity index (χ1n) is 31.6. The molecule has 2 aliphatic heterocycles. The van der Waals surface area contributed by atoms with E-state index in [-0.39, 0.29) is 35.5 Å². The minimum atomic E-state index is -4.28. The van der Waals surface area contributed by atoms with Crippen molar-refractivity contribution in [2.75, 3.05) is 138 Å². The topological polar surface area (TPSA) is 214 Å². The smallest absolute Gasteiger partial charge is 0.390 e. The second-order valence-corrected chi connectivity index (χ2v) is 25.5. The molecule has 11 rings (SSSR count). The van der Waals surface area contributed by atoms with E-state index in [9.17, 15) is 31.5 Å². The SMILES string of the molecule is COC(=O)C1C(c2ccccc2)CCN1c1nc(NCCOCCOCCOCCN2CCN(Cc3ccc(-c4cn([C@H]5CC[C@H](O)CC5)c5nc(NCCC(F)(F)F)ncc45)cc3)CC2)ncc1-c1cccc(NS(=O)(=O)c2cccc3c(N(C)C)cccc23)c1. The van der Waals surface area contributed by atoms with E-state index in [4.69, 9.17) is 33.9 Å². The maximum absolute atomic E-state index is 14.2. The maximum atomic E-state index is 14.2. The summed E-state index contributed by atoms with van der Waals surface area (Å²) in [6.45, 7) is 8.61. The van der Waals surface area contributed by atoms with Crippen molar-refractivity contribution in [3.05, 3.63) is 145 Å². The standard InChI is InChI=1S/C68H81F3N12O8S/c1-79(2)60-16-8-15-56-55(60)14-9-17-61(56)92(86,87)78-51-13-7-12-50(42-51)57-43-74-67(76-63(57)82-30-26-54(62(82)65(85)88-3)48-10-5-4-6-11-48)73-29-36-89-38-40-91-41-39-90-37-35-80-31-33-81(34-32-80)45-47-18-20-49(21-19-47)59-46-83(52-22-24-53(84)25-23-52)64-58(59)44-75-66(77-64)72-28-27-68(69,70)71/h4-21,42-44,46,52-54,62,78,84H,22-41,45H2,1-3H3,(H,72,75,77)(H,73,74,76)/t52-,53-,54?,62?. The van der Waals surface area contributed by atoms with Gasteiger partial charge in [-0.1, -0.05) is 91.0 Å². The summed E-state index contributed by atoms with van der Waals surface area (Å²) in [7, 11) is 1.18. The van der Waals surface area contributed by atoms with Gasteiger partial charge in [0.1, 0.15) is 17.5 Å². The fourth-order valence-electron chi connectivity index (χ4n) is 12.7. The van der Waals surface area contributed by atoms with Gasteiger partial charge in [-0.2, -0.15) is 23.1 Å². The van der Waals surface area contributed by atoms with Crippen molar-refractivity contribution in [3.8, 4) is 22.3 Å². The summed E-state index contributed by atoms with van der Waals surface area (Å²) in [5.74, 6) is 0.417. The van der Waals surface area contributed by atoms with Crippen LogP contribution in [0.5, 0.6) is 0 Å². The molecule has 5 heterocycles. The Morgan fingerprint density at radius 2 is 1.36 bits per heavy atom. The van der Waals surface area contributed by atoms with Crippen molar-refractivity contribution in [2.24, 2.45) is 0 Å². The number of ether oxygens (including phenoxy) is 4. The summed E-state index contributed by atoms with van der Waals surface area (Å²) in [5.41, 5.74) is 7.35. The molecule has 3 aliphatic rings. The second-order valence-electron chi connectivity index (χ2n) is 23.8. The number of alkyl halides is 3. The number of hydrogen-bond donors (Lipinski definition) is 4. The Labute approximate surface area is 535 Å². The lowest BCUT2D eigenvalue weighted by molar-refractivity contribution is -0.142. The minimum Gasteiger partial charge on any atom is -0.467 e. The zero-order valence-electron chi connectivity index (χ0n) is 52.2. The minimum absolute atomic E-state index is 0.115. The third kappa shape index (κ3) is 16.3. The Balaban J connectivity index is 0.620. The Morgan fingerprint density at radius 1 is 0.685 bits per heavy atom. The van der Waals surface area contributed by atoms with E-state index < -0.39 is 34.6 Å². The molecular weight excluding hydrogens is 1200 g/mol. The van der Waals surface area contributed by atoms with Gasteiger partial charge in [0.2, 0.25) is 11.9 Å². The van der Waals surface area contributed by atoms with Gasteiger partial charge >= 0.3 is 12.1 Å². The number of anilines is 5. The number of fused-ring (bicyclic) bond motifs is 2. The maximum Gasteiger partial charge on any atom is 0.390 e. The molecule has 0 radical (unpaired) electrons. The molecule has 2 atom stereocenters. The number of carbonyl (C=O) groups is 1. The first kappa shape index (κ1) is 65.5. The zero-order chi connectivity index (χ0) is 64.2. The van der Waals surface area contributed by atoms with Crippen molar-refractivity contribution in [1.82, 2.24) is 34.3 Å². The normalized spacial score (nSPS) is 18.4. The first-order valence-corrected chi connectivity index (χ1v) is 33.0. The fraction of sp³-hybridized carbons (Fsp3) is 0.426. The van der Waals surface area contributed by atoms with Gasteiger partial charge in [-0.3, -0.25) is 14.5 Å². The number of carbonyl (C=O) groups excluding carboxylic acids is 1. The molecule has 2 unspecified atom stereocenters. The summed E-state index contributed by atoms with van der Waals surface area (Å²) in [6, 6.07) is 35.8. The average Bonchev–Trinajstić information content (AvgIpc) is 1.49. The molecule has 92 heavy (non-hydrogen) atoms. The molecule has 8 aromatic rings. The fourth-order valence-corrected chi connectivity index (χ4v) is 14.0. The molecule has 1 aliphatic carbocycles. The molecule has 24 heteroatoms. The number of nitrogens with one attached hydrogen (secondary N) is 3. The van der Waals surface area contributed by atoms with E-state index >= 15 is 0 Å². The summed E-state index contributed by atoms with van der Waals surface area (Å²) in [6.07, 6.45) is 3.48. The molecule has 488 valence electrons. The Morgan fingerprint density at radius 3 is 2.10 bits per heavy atom. The van der Waals surface area contributed by atoms with Gasteiger partial charge in [-0.25, -0.2) is 23.2 Å². The largest absolute Gasteiger partial charge is 0.467 e. The lowest BCUT2D eigenvalue weighted by atomic mass is 9.91. The Kier molecular flexibility index (Phi) is 21.5. The number of aromatic nitrogens is 5. The van der Waals surface area contributed by atoms with Crippen LogP contribution in [0.25, 0.3) is 44.1 Å². The molecule has 3 aromatic heterocycles. The second kappa shape index (κ2) is 30.2. The molecular formula is C68H81F3N12O8S. The van der Waals surface area contributed by atoms with E-state index in [1.165, 1.54) is 12.7 Å². The van der Waals surface area contributed by atoms with Gasteiger partial charge < -0.3 is 49.1 Å². The number of sulfonamides is 1. The summed E-state index contributed by atoms with van der Waals surface area (Å²) < 4.78 is 95.0. The number of piperazine rings is 1. The number of rotatable bonds is 28. The van der Waals surface area contributed by atoms with Crippen LogP contribution in [0.2, 0.25) is 0 Å². The van der Waals surface area contributed by atoms with E-state index in [2.05, 4.69) is 65.2 Å². The van der Waals surface area contributed by atoms with E-state index in [0.29, 0.717) is 112 Å². The number of aliphatic hydroxyl groups excluding tert-OH is 1. The molecule has 5 aromatic carbocycles. The summed E-state index contributed by atoms with van der Waals surface area (Å²) in [4.78, 5) is 41.5. The van der Waals surface area contributed by atoms with Gasteiger partial charge in [-0.05, 0) is 78.6 Å². The highest BCUT2D eigenvalue weighted by molar-refractivity contribution is 7.93. The van der Waals surface area contributed by atoms with Gasteiger partial charge in [0.25, 0.3) is 10.0 Å². The Bertz CT molecular complexity index is 3870. The van der Waals surface area contributed by atoms with Crippen molar-refractivity contribution in [3.63, 3.8) is 0 Å². The zero-order valence-corrected chi connectivity index (χ0v) is 53.0. The van der Waals surface area contributed by atoms with E-state index in [0.717, 1.165) is 85.3 Å². The Hall–Kier alpha value is -7.97. The van der Waals surface area contributed by atoms with Crippen LogP contribution in [0.3, 0.4) is 0 Å². The lowest BCUT2D eigenvalue weighted by Crippen LogP contribution is -2.46. The van der Waals surface area contributed by atoms with Gasteiger partial charge in [0.15, 0.2) is 0 Å². The number of esters is 1. The highest BCUT2D eigenvalue weighted by atomic mass is 32.2. The highest BCUT2D eigenvalue weighted by Gasteiger charge is 2.43. The molecule has 2 saturated heterocycles. The quantitative estimate of drug-likeness (QED) is 0.0265. The molecule has 0 amide bonds. The third-order valence-corrected chi connectivity index (χ3v) is 18.9. The van der Waals surface area contributed by atoms with Crippen LogP contribution in [0.15, 0.2) is 139 Å². The molecule has 3 fully saturated rings. The van der Waals surface area contributed by atoms with Crippen molar-refractivity contribution in [2.45, 2.75) is 80.2 Å². The van der Waals surface area contributed by atoms with Crippen LogP contribution in [0.1, 0.15) is 61.6 Å². The van der Waals surface area contributed by atoms with Crippen LogP contribution in [0.4, 0.5) is 42.3 Å². The molecule has 1 saturated carbocycles. The van der Waals surface area contributed by atoms with E-state index in [1.54, 1.807) is 42.7 Å². The average molecular weight is 1280 g/mol. The number of nitrogens with zero attached hydrogens (tertiary/aromatic N) is 9. The van der Waals surface area contributed by atoms with Crippen LogP contribution < -0.4 is 25.2 Å². The van der Waals surface area contributed by atoms with Crippen molar-refractivity contribution < 1.29 is 50.4 Å². The summed E-state index contributed by atoms with van der Waals surface area (Å²) in [5, 5.41) is 18.5. The van der Waals surface area contributed by atoms with Gasteiger partial charge in [0, 0.05) is 142 Å². The number of methoxy groups -OCH3 is 1. The monoisotopic (exact) mass is 1280 g/mol. The predicted molar refractivity (Wildman–Crippen MR) is 352 cm³/mol. The molecule has 0 spiro atoms. The summed E-state index contributed by atoms with van der Waals surface area (Å²) >= 11 is 0. The molecule has 4 N–H and O–H groups in total. The molecule has 0 bridgehead atoms. The van der Waals surface area contributed by atoms with Crippen LogP contribution in [-0.4, -0.2) is 185 Å². The number of hydrogen-bond acceptors (Lipinski definition) is 18. The van der Waals surface area contributed by atoms with Crippen LogP contribution in [0, 0.1) is 0 Å². The predicted octanol–water partition coefficient (Wildman–Crippen LogP) is 10.2. The first-order chi connectivity index (χ1) is 44.6. The number of halogens is 3. The van der Waals surface area contributed by atoms with Crippen LogP contribution in [-0.2, 0) is 40.3 Å². The lowest BCUT2D eigenvalue weighted by Gasteiger charge is -2.34. The van der Waals surface area contributed by atoms with Crippen molar-refractivity contribution in [1.29, 1.82) is 0 Å². The number of aliphatic hydroxyl groups is 1. The number of benzene rings is 5. The van der Waals surface area contributed by atoms with E-state index in [1.807, 2.05) is 84.6 Å². The van der Waals surface area contributed by atoms with Crippen LogP contribution >= 0.6 is 0 Å². The molecule has 20 nitrogen and oxygen atoms in total.